The summed E-state index contributed by atoms with van der Waals surface area (Å²) in [6.07, 6.45) is 0. The smallest absolute Gasteiger partial charge is 0.234 e. The van der Waals surface area contributed by atoms with Crippen LogP contribution in [-0.2, 0) is 4.79 Å². The van der Waals surface area contributed by atoms with Gasteiger partial charge in [-0.3, -0.25) is 9.69 Å². The van der Waals surface area contributed by atoms with Crippen LogP contribution in [0.5, 0.6) is 0 Å². The Bertz CT molecular complexity index is 192. The van der Waals surface area contributed by atoms with E-state index >= 15 is 0 Å². The van der Waals surface area contributed by atoms with Gasteiger partial charge < -0.3 is 10.6 Å². The average molecular weight is 199 g/mol. The first-order valence-electron chi connectivity index (χ1n) is 5.21. The zero-order valence-electron chi connectivity index (χ0n) is 9.39. The predicted octanol–water partition coefficient (Wildman–Crippen LogP) is -0.194. The monoisotopic (exact) mass is 199 g/mol. The van der Waals surface area contributed by atoms with Crippen molar-refractivity contribution in [1.29, 1.82) is 0 Å². The van der Waals surface area contributed by atoms with Crippen molar-refractivity contribution >= 4 is 5.91 Å². The van der Waals surface area contributed by atoms with E-state index in [1.54, 1.807) is 0 Å². The van der Waals surface area contributed by atoms with Gasteiger partial charge in [0.15, 0.2) is 0 Å². The Morgan fingerprint density at radius 3 is 2.43 bits per heavy atom. The van der Waals surface area contributed by atoms with Gasteiger partial charge in [0, 0.05) is 31.7 Å². The van der Waals surface area contributed by atoms with Gasteiger partial charge in [0.2, 0.25) is 5.91 Å². The summed E-state index contributed by atoms with van der Waals surface area (Å²) in [5.74, 6) is 0.124. The van der Waals surface area contributed by atoms with Crippen LogP contribution >= 0.6 is 0 Å². The third kappa shape index (κ3) is 4.58. The number of hydrogen-bond donors (Lipinski definition) is 2. The van der Waals surface area contributed by atoms with Crippen molar-refractivity contribution in [2.45, 2.75) is 26.3 Å². The van der Waals surface area contributed by atoms with Crippen LogP contribution in [0.2, 0.25) is 0 Å². The van der Waals surface area contributed by atoms with E-state index in [1.165, 1.54) is 0 Å². The number of carbonyl (C=O) groups excluding carboxylic acids is 1. The van der Waals surface area contributed by atoms with Gasteiger partial charge in [0.25, 0.3) is 0 Å². The third-order valence-electron chi connectivity index (χ3n) is 2.09. The lowest BCUT2D eigenvalue weighted by atomic mass is 10.1. The fourth-order valence-electron chi connectivity index (χ4n) is 1.53. The Morgan fingerprint density at radius 1 is 1.36 bits per heavy atom. The molecule has 0 radical (unpaired) electrons. The Balaban J connectivity index is 2.25. The molecule has 4 nitrogen and oxygen atoms in total. The zero-order valence-corrected chi connectivity index (χ0v) is 9.39. The summed E-state index contributed by atoms with van der Waals surface area (Å²) in [5, 5.41) is 6.23. The maximum absolute atomic E-state index is 11.6. The molecular weight excluding hydrogens is 178 g/mol. The second-order valence-electron chi connectivity index (χ2n) is 4.82. The van der Waals surface area contributed by atoms with Gasteiger partial charge in [-0.25, -0.2) is 0 Å². The molecule has 0 aromatic heterocycles. The molecule has 1 rings (SSSR count). The maximum Gasteiger partial charge on any atom is 0.234 e. The average Bonchev–Trinajstić information content (AvgIpc) is 2.02. The topological polar surface area (TPSA) is 44.4 Å². The molecule has 1 amide bonds. The van der Waals surface area contributed by atoms with Gasteiger partial charge in [-0.1, -0.05) is 0 Å². The Morgan fingerprint density at radius 2 is 1.93 bits per heavy atom. The van der Waals surface area contributed by atoms with Crippen molar-refractivity contribution in [2.75, 3.05) is 32.7 Å². The van der Waals surface area contributed by atoms with Gasteiger partial charge in [-0.05, 0) is 20.8 Å². The quantitative estimate of drug-likeness (QED) is 0.648. The number of rotatable bonds is 2. The van der Waals surface area contributed by atoms with E-state index in [2.05, 4.69) is 15.5 Å². The molecule has 1 fully saturated rings. The summed E-state index contributed by atoms with van der Waals surface area (Å²) in [6.45, 7) is 10.5. The van der Waals surface area contributed by atoms with E-state index in [-0.39, 0.29) is 11.4 Å². The standard InChI is InChI=1S/C10H21N3O/c1-10(2,3)12-9(14)8-13-6-4-11-5-7-13/h11H,4-8H2,1-3H3,(H,12,14). The number of carbonyl (C=O) groups is 1. The van der Waals surface area contributed by atoms with Crippen molar-refractivity contribution in [2.24, 2.45) is 0 Å². The minimum Gasteiger partial charge on any atom is -0.350 e. The first kappa shape index (κ1) is 11.5. The summed E-state index contributed by atoms with van der Waals surface area (Å²) in [4.78, 5) is 13.7. The van der Waals surface area contributed by atoms with Gasteiger partial charge >= 0.3 is 0 Å². The molecule has 0 saturated carbocycles. The lowest BCUT2D eigenvalue weighted by molar-refractivity contribution is -0.123. The van der Waals surface area contributed by atoms with Gasteiger partial charge in [0.1, 0.15) is 0 Å². The number of nitrogens with one attached hydrogen (secondary N) is 2. The summed E-state index contributed by atoms with van der Waals surface area (Å²) in [6, 6.07) is 0. The molecule has 0 bridgehead atoms. The van der Waals surface area contributed by atoms with Crippen LogP contribution in [0, 0.1) is 0 Å². The molecule has 1 heterocycles. The lowest BCUT2D eigenvalue weighted by Gasteiger charge is -2.28. The van der Waals surface area contributed by atoms with Gasteiger partial charge in [0.05, 0.1) is 6.54 Å². The summed E-state index contributed by atoms with van der Waals surface area (Å²) in [5.41, 5.74) is -0.120. The summed E-state index contributed by atoms with van der Waals surface area (Å²) in [7, 11) is 0. The lowest BCUT2D eigenvalue weighted by Crippen LogP contribution is -2.50. The molecule has 0 spiro atoms. The van der Waals surface area contributed by atoms with Crippen LogP contribution in [0.1, 0.15) is 20.8 Å². The molecule has 0 unspecified atom stereocenters. The van der Waals surface area contributed by atoms with E-state index in [4.69, 9.17) is 0 Å². The Kier molecular flexibility index (Phi) is 3.89. The Labute approximate surface area is 86.0 Å². The largest absolute Gasteiger partial charge is 0.350 e. The van der Waals surface area contributed by atoms with Crippen molar-refractivity contribution in [1.82, 2.24) is 15.5 Å². The number of piperazine rings is 1. The highest BCUT2D eigenvalue weighted by Crippen LogP contribution is 1.99. The first-order chi connectivity index (χ1) is 6.47. The van der Waals surface area contributed by atoms with Crippen LogP contribution in [0.15, 0.2) is 0 Å². The van der Waals surface area contributed by atoms with Crippen LogP contribution in [0.3, 0.4) is 0 Å². The molecule has 0 aromatic rings. The van der Waals surface area contributed by atoms with E-state index < -0.39 is 0 Å². The van der Waals surface area contributed by atoms with Crippen molar-refractivity contribution in [3.63, 3.8) is 0 Å². The molecule has 14 heavy (non-hydrogen) atoms. The molecule has 82 valence electrons. The fraction of sp³-hybridized carbons (Fsp3) is 0.900. The van der Waals surface area contributed by atoms with Crippen molar-refractivity contribution in [3.05, 3.63) is 0 Å². The molecular formula is C10H21N3O. The maximum atomic E-state index is 11.6. The Hall–Kier alpha value is -0.610. The highest BCUT2D eigenvalue weighted by Gasteiger charge is 2.17. The molecule has 1 aliphatic heterocycles. The molecule has 1 saturated heterocycles. The second-order valence-corrected chi connectivity index (χ2v) is 4.82. The summed E-state index contributed by atoms with van der Waals surface area (Å²) < 4.78 is 0. The second kappa shape index (κ2) is 4.75. The number of amides is 1. The normalized spacial score (nSPS) is 19.4. The first-order valence-corrected chi connectivity index (χ1v) is 5.21. The van der Waals surface area contributed by atoms with Crippen LogP contribution < -0.4 is 10.6 Å². The molecule has 0 atom stereocenters. The van der Waals surface area contributed by atoms with E-state index in [0.717, 1.165) is 26.2 Å². The molecule has 4 heteroatoms. The highest BCUT2D eigenvalue weighted by molar-refractivity contribution is 5.78. The SMILES string of the molecule is CC(C)(C)NC(=O)CN1CCNCC1. The van der Waals surface area contributed by atoms with E-state index in [1.807, 2.05) is 20.8 Å². The summed E-state index contributed by atoms with van der Waals surface area (Å²) >= 11 is 0. The van der Waals surface area contributed by atoms with E-state index in [9.17, 15) is 4.79 Å². The zero-order chi connectivity index (χ0) is 10.6. The molecule has 0 aliphatic carbocycles. The fourth-order valence-corrected chi connectivity index (χ4v) is 1.53. The predicted molar refractivity (Wildman–Crippen MR) is 57.2 cm³/mol. The highest BCUT2D eigenvalue weighted by atomic mass is 16.2. The minimum atomic E-state index is -0.120. The molecule has 2 N–H and O–H groups in total. The minimum absolute atomic E-state index is 0.120. The number of nitrogens with zero attached hydrogens (tertiary/aromatic N) is 1. The van der Waals surface area contributed by atoms with Gasteiger partial charge in [-0.2, -0.15) is 0 Å². The van der Waals surface area contributed by atoms with Crippen LogP contribution in [0.4, 0.5) is 0 Å². The van der Waals surface area contributed by atoms with Crippen LogP contribution in [0.25, 0.3) is 0 Å². The number of hydrogen-bond acceptors (Lipinski definition) is 3. The van der Waals surface area contributed by atoms with Gasteiger partial charge in [-0.15, -0.1) is 0 Å². The molecule has 0 aromatic carbocycles. The van der Waals surface area contributed by atoms with Crippen LogP contribution in [-0.4, -0.2) is 49.1 Å². The third-order valence-corrected chi connectivity index (χ3v) is 2.09. The van der Waals surface area contributed by atoms with Crippen molar-refractivity contribution < 1.29 is 4.79 Å². The molecule has 1 aliphatic rings. The van der Waals surface area contributed by atoms with Crippen molar-refractivity contribution in [3.8, 4) is 0 Å². The van der Waals surface area contributed by atoms with E-state index in [0.29, 0.717) is 6.54 Å².